The van der Waals surface area contributed by atoms with Crippen molar-refractivity contribution in [3.8, 4) is 0 Å². The first-order valence-corrected chi connectivity index (χ1v) is 9.78. The standard InChI is InChI=1S/C22H20ClNOS/c23-18-12-14-20(15-13-18)26-21(16-11-17-7-3-1-4-8-17)22(25)24-19-9-5-2-6-10-19/h1-10,12-15,21H,11,16H2,(H,24,25). The third-order valence-electron chi connectivity index (χ3n) is 3.96. The van der Waals surface area contributed by atoms with E-state index in [0.29, 0.717) is 5.02 Å². The van der Waals surface area contributed by atoms with E-state index >= 15 is 0 Å². The van der Waals surface area contributed by atoms with Gasteiger partial charge in [-0.2, -0.15) is 0 Å². The van der Waals surface area contributed by atoms with E-state index in [1.807, 2.05) is 72.8 Å². The number of benzene rings is 3. The molecule has 1 atom stereocenters. The summed E-state index contributed by atoms with van der Waals surface area (Å²) in [4.78, 5) is 13.9. The minimum absolute atomic E-state index is 0.0204. The summed E-state index contributed by atoms with van der Waals surface area (Å²) < 4.78 is 0. The Labute approximate surface area is 163 Å². The van der Waals surface area contributed by atoms with E-state index in [-0.39, 0.29) is 11.2 Å². The molecule has 132 valence electrons. The number of halogens is 1. The number of carbonyl (C=O) groups is 1. The Balaban J connectivity index is 1.71. The zero-order valence-corrected chi connectivity index (χ0v) is 15.8. The van der Waals surface area contributed by atoms with Crippen LogP contribution in [0, 0.1) is 0 Å². The van der Waals surface area contributed by atoms with Crippen LogP contribution in [0.4, 0.5) is 5.69 Å². The lowest BCUT2D eigenvalue weighted by atomic mass is 10.1. The van der Waals surface area contributed by atoms with Crippen LogP contribution >= 0.6 is 23.4 Å². The molecule has 0 fully saturated rings. The molecule has 0 saturated carbocycles. The third kappa shape index (κ3) is 5.65. The van der Waals surface area contributed by atoms with Crippen molar-refractivity contribution in [3.63, 3.8) is 0 Å². The molecule has 0 spiro atoms. The highest BCUT2D eigenvalue weighted by Gasteiger charge is 2.20. The van der Waals surface area contributed by atoms with Crippen LogP contribution in [0.3, 0.4) is 0 Å². The van der Waals surface area contributed by atoms with E-state index in [1.54, 1.807) is 11.8 Å². The van der Waals surface area contributed by atoms with E-state index in [1.165, 1.54) is 5.56 Å². The van der Waals surface area contributed by atoms with Crippen LogP contribution in [0.25, 0.3) is 0 Å². The number of nitrogens with one attached hydrogen (secondary N) is 1. The predicted octanol–water partition coefficient (Wildman–Crippen LogP) is 6.07. The molecule has 26 heavy (non-hydrogen) atoms. The van der Waals surface area contributed by atoms with Crippen molar-refractivity contribution in [1.82, 2.24) is 0 Å². The predicted molar refractivity (Wildman–Crippen MR) is 111 cm³/mol. The molecule has 0 aliphatic rings. The molecule has 1 N–H and O–H groups in total. The quantitative estimate of drug-likeness (QED) is 0.503. The van der Waals surface area contributed by atoms with Crippen molar-refractivity contribution < 1.29 is 4.79 Å². The smallest absolute Gasteiger partial charge is 0.237 e. The summed E-state index contributed by atoms with van der Waals surface area (Å²) in [6.07, 6.45) is 1.62. The Hall–Kier alpha value is -2.23. The Bertz CT molecular complexity index is 822. The van der Waals surface area contributed by atoms with Gasteiger partial charge in [0.2, 0.25) is 5.91 Å². The van der Waals surface area contributed by atoms with Gasteiger partial charge in [0.1, 0.15) is 0 Å². The summed E-state index contributed by atoms with van der Waals surface area (Å²) in [6.45, 7) is 0. The molecular formula is C22H20ClNOS. The second kappa shape index (κ2) is 9.46. The monoisotopic (exact) mass is 381 g/mol. The van der Waals surface area contributed by atoms with Crippen molar-refractivity contribution in [3.05, 3.63) is 95.5 Å². The minimum Gasteiger partial charge on any atom is -0.325 e. The lowest BCUT2D eigenvalue weighted by molar-refractivity contribution is -0.115. The summed E-state index contributed by atoms with van der Waals surface area (Å²) in [6, 6.07) is 27.5. The van der Waals surface area contributed by atoms with Crippen LogP contribution in [0.2, 0.25) is 5.02 Å². The van der Waals surface area contributed by atoms with Crippen LogP contribution < -0.4 is 5.32 Å². The zero-order chi connectivity index (χ0) is 18.2. The maximum Gasteiger partial charge on any atom is 0.237 e. The third-order valence-corrected chi connectivity index (χ3v) is 5.49. The summed E-state index contributed by atoms with van der Waals surface area (Å²) in [5, 5.41) is 3.54. The molecule has 1 amide bonds. The van der Waals surface area contributed by atoms with Gasteiger partial charge in [0, 0.05) is 15.6 Å². The molecule has 1 unspecified atom stereocenters. The van der Waals surface area contributed by atoms with Gasteiger partial charge in [-0.1, -0.05) is 60.1 Å². The summed E-state index contributed by atoms with van der Waals surface area (Å²) in [5.41, 5.74) is 2.06. The molecule has 0 aromatic heterocycles. The number of aryl methyl sites for hydroxylation is 1. The topological polar surface area (TPSA) is 29.1 Å². The Morgan fingerprint density at radius 2 is 1.50 bits per heavy atom. The van der Waals surface area contributed by atoms with Crippen molar-refractivity contribution in [2.75, 3.05) is 5.32 Å². The zero-order valence-electron chi connectivity index (χ0n) is 14.3. The van der Waals surface area contributed by atoms with E-state index < -0.39 is 0 Å². The van der Waals surface area contributed by atoms with Gasteiger partial charge in [-0.15, -0.1) is 11.8 Å². The Kier molecular flexibility index (Phi) is 6.75. The fourth-order valence-corrected chi connectivity index (χ4v) is 3.76. The van der Waals surface area contributed by atoms with E-state index in [0.717, 1.165) is 23.4 Å². The number of amides is 1. The summed E-state index contributed by atoms with van der Waals surface area (Å²) >= 11 is 7.54. The van der Waals surface area contributed by atoms with Crippen LogP contribution in [0.1, 0.15) is 12.0 Å². The summed E-state index contributed by atoms with van der Waals surface area (Å²) in [7, 11) is 0. The highest BCUT2D eigenvalue weighted by Crippen LogP contribution is 2.28. The molecule has 0 heterocycles. The SMILES string of the molecule is O=C(Nc1ccccc1)C(CCc1ccccc1)Sc1ccc(Cl)cc1. The molecule has 0 aliphatic heterocycles. The molecule has 0 radical (unpaired) electrons. The Morgan fingerprint density at radius 3 is 2.15 bits per heavy atom. The fourth-order valence-electron chi connectivity index (χ4n) is 2.61. The van der Waals surface area contributed by atoms with Gasteiger partial charge in [0.05, 0.1) is 5.25 Å². The van der Waals surface area contributed by atoms with Crippen LogP contribution in [-0.2, 0) is 11.2 Å². The maximum atomic E-state index is 12.8. The largest absolute Gasteiger partial charge is 0.325 e. The number of thioether (sulfide) groups is 1. The normalized spacial score (nSPS) is 11.7. The highest BCUT2D eigenvalue weighted by molar-refractivity contribution is 8.00. The van der Waals surface area contributed by atoms with Gasteiger partial charge in [0.15, 0.2) is 0 Å². The minimum atomic E-state index is -0.184. The van der Waals surface area contributed by atoms with Gasteiger partial charge >= 0.3 is 0 Å². The first kappa shape index (κ1) is 18.6. The van der Waals surface area contributed by atoms with Gasteiger partial charge in [-0.25, -0.2) is 0 Å². The molecule has 3 aromatic rings. The van der Waals surface area contributed by atoms with Gasteiger partial charge < -0.3 is 5.32 Å². The molecule has 0 bridgehead atoms. The van der Waals surface area contributed by atoms with E-state index in [2.05, 4.69) is 17.4 Å². The second-order valence-corrected chi connectivity index (χ2v) is 7.65. The van der Waals surface area contributed by atoms with Crippen molar-refractivity contribution >= 4 is 35.0 Å². The second-order valence-electron chi connectivity index (χ2n) is 5.94. The van der Waals surface area contributed by atoms with Crippen LogP contribution in [0.5, 0.6) is 0 Å². The number of carbonyl (C=O) groups excluding carboxylic acids is 1. The van der Waals surface area contributed by atoms with Gasteiger partial charge in [0.25, 0.3) is 0 Å². The first-order valence-electron chi connectivity index (χ1n) is 8.53. The maximum absolute atomic E-state index is 12.8. The van der Waals surface area contributed by atoms with Gasteiger partial charge in [-0.3, -0.25) is 4.79 Å². The molecule has 0 saturated heterocycles. The average Bonchev–Trinajstić information content (AvgIpc) is 2.68. The number of anilines is 1. The van der Waals surface area contributed by atoms with Crippen molar-refractivity contribution in [1.29, 1.82) is 0 Å². The summed E-state index contributed by atoms with van der Waals surface area (Å²) in [5.74, 6) is 0.0204. The number of hydrogen-bond acceptors (Lipinski definition) is 2. The lowest BCUT2D eigenvalue weighted by Gasteiger charge is -2.17. The molecule has 4 heteroatoms. The van der Waals surface area contributed by atoms with E-state index in [4.69, 9.17) is 11.6 Å². The van der Waals surface area contributed by atoms with Crippen LogP contribution in [-0.4, -0.2) is 11.2 Å². The number of hydrogen-bond donors (Lipinski definition) is 1. The lowest BCUT2D eigenvalue weighted by Crippen LogP contribution is -2.25. The number of para-hydroxylation sites is 1. The first-order chi connectivity index (χ1) is 12.7. The van der Waals surface area contributed by atoms with Crippen molar-refractivity contribution in [2.45, 2.75) is 23.0 Å². The van der Waals surface area contributed by atoms with E-state index in [9.17, 15) is 4.79 Å². The molecule has 2 nitrogen and oxygen atoms in total. The molecule has 3 aromatic carbocycles. The highest BCUT2D eigenvalue weighted by atomic mass is 35.5. The van der Waals surface area contributed by atoms with Crippen LogP contribution in [0.15, 0.2) is 89.8 Å². The Morgan fingerprint density at radius 1 is 0.885 bits per heavy atom. The molecular weight excluding hydrogens is 362 g/mol. The number of rotatable bonds is 7. The fraction of sp³-hybridized carbons (Fsp3) is 0.136. The average molecular weight is 382 g/mol. The molecule has 3 rings (SSSR count). The molecule has 0 aliphatic carbocycles. The van der Waals surface area contributed by atoms with Crippen molar-refractivity contribution in [2.24, 2.45) is 0 Å². The van der Waals surface area contributed by atoms with Gasteiger partial charge in [-0.05, 0) is 54.8 Å².